The predicted octanol–water partition coefficient (Wildman–Crippen LogP) is 2.29. The van der Waals surface area contributed by atoms with Crippen molar-refractivity contribution in [2.75, 3.05) is 33.0 Å². The van der Waals surface area contributed by atoms with Crippen LogP contribution in [0.4, 0.5) is 5.88 Å². The highest BCUT2D eigenvalue weighted by Gasteiger charge is 2.26. The number of nitrogens with two attached hydrogens (primary N) is 1. The van der Waals surface area contributed by atoms with E-state index in [1.165, 1.54) is 0 Å². The minimum Gasteiger partial charge on any atom is -0.493 e. The van der Waals surface area contributed by atoms with Crippen LogP contribution in [-0.4, -0.2) is 43.3 Å². The van der Waals surface area contributed by atoms with Crippen LogP contribution in [0.15, 0.2) is 28.8 Å². The third-order valence-corrected chi connectivity index (χ3v) is 4.38. The number of benzene rings is 1. The number of carbonyl (C=O) groups is 1. The Morgan fingerprint density at radius 3 is 2.50 bits per heavy atom. The average Bonchev–Trinajstić information content (AvgIpc) is 3.07. The lowest BCUT2D eigenvalue weighted by atomic mass is 9.93. The molecule has 3 rings (SSSR count). The minimum atomic E-state index is -0.00549. The van der Waals surface area contributed by atoms with Crippen LogP contribution in [0.25, 0.3) is 0 Å². The number of nitrogens with zero attached hydrogens (tertiary/aromatic N) is 2. The first-order valence-corrected chi connectivity index (χ1v) is 7.85. The predicted molar refractivity (Wildman–Crippen MR) is 88.3 cm³/mol. The molecule has 1 aliphatic rings. The van der Waals surface area contributed by atoms with Crippen molar-refractivity contribution in [3.8, 4) is 11.5 Å². The Morgan fingerprint density at radius 1 is 1.21 bits per heavy atom. The molecule has 0 radical (unpaired) electrons. The van der Waals surface area contributed by atoms with E-state index < -0.39 is 0 Å². The molecule has 0 saturated carbocycles. The Hall–Kier alpha value is -2.70. The summed E-state index contributed by atoms with van der Waals surface area (Å²) >= 11 is 0. The van der Waals surface area contributed by atoms with Gasteiger partial charge >= 0.3 is 0 Å². The topological polar surface area (TPSA) is 90.8 Å². The van der Waals surface area contributed by atoms with Gasteiger partial charge in [0.1, 0.15) is 0 Å². The maximum absolute atomic E-state index is 12.7. The van der Waals surface area contributed by atoms with Gasteiger partial charge < -0.3 is 24.6 Å². The van der Waals surface area contributed by atoms with Crippen LogP contribution in [0.2, 0.25) is 0 Å². The molecule has 1 aromatic heterocycles. The number of nitrogen functional groups attached to an aromatic ring is 1. The zero-order valence-electron chi connectivity index (χ0n) is 13.8. The number of hydrogen-bond donors (Lipinski definition) is 1. The quantitative estimate of drug-likeness (QED) is 0.924. The molecule has 2 aromatic rings. The van der Waals surface area contributed by atoms with E-state index in [1.54, 1.807) is 38.5 Å². The molecule has 0 atom stereocenters. The molecule has 24 heavy (non-hydrogen) atoms. The lowest BCUT2D eigenvalue weighted by molar-refractivity contribution is 0.0711. The molecule has 1 aromatic carbocycles. The molecule has 128 valence electrons. The molecule has 2 N–H and O–H groups in total. The van der Waals surface area contributed by atoms with Gasteiger partial charge in [0.15, 0.2) is 11.5 Å². The number of anilines is 1. The Balaban J connectivity index is 1.67. The number of methoxy groups -OCH3 is 2. The van der Waals surface area contributed by atoms with Gasteiger partial charge in [-0.2, -0.15) is 0 Å². The Morgan fingerprint density at radius 2 is 1.92 bits per heavy atom. The van der Waals surface area contributed by atoms with Crippen LogP contribution in [0.5, 0.6) is 11.5 Å². The van der Waals surface area contributed by atoms with Crippen molar-refractivity contribution in [3.05, 3.63) is 35.5 Å². The maximum atomic E-state index is 12.7. The highest BCUT2D eigenvalue weighted by Crippen LogP contribution is 2.31. The molecular formula is C17H21N3O4. The fraction of sp³-hybridized carbons (Fsp3) is 0.412. The molecule has 0 spiro atoms. The van der Waals surface area contributed by atoms with Crippen molar-refractivity contribution in [1.29, 1.82) is 0 Å². The number of amides is 1. The fourth-order valence-electron chi connectivity index (χ4n) is 3.03. The van der Waals surface area contributed by atoms with E-state index in [2.05, 4.69) is 5.16 Å². The summed E-state index contributed by atoms with van der Waals surface area (Å²) < 4.78 is 15.4. The fourth-order valence-corrected chi connectivity index (χ4v) is 3.03. The van der Waals surface area contributed by atoms with Gasteiger partial charge in [-0.1, -0.05) is 5.16 Å². The molecule has 1 saturated heterocycles. The molecular weight excluding hydrogens is 310 g/mol. The van der Waals surface area contributed by atoms with E-state index >= 15 is 0 Å². The first kappa shape index (κ1) is 16.2. The molecule has 1 fully saturated rings. The molecule has 1 aliphatic heterocycles. The van der Waals surface area contributed by atoms with Crippen LogP contribution in [0.1, 0.15) is 34.8 Å². The molecule has 0 aliphatic carbocycles. The van der Waals surface area contributed by atoms with Crippen molar-refractivity contribution in [1.82, 2.24) is 10.1 Å². The second-order valence-corrected chi connectivity index (χ2v) is 5.79. The average molecular weight is 331 g/mol. The van der Waals surface area contributed by atoms with Gasteiger partial charge in [-0.15, -0.1) is 0 Å². The lowest BCUT2D eigenvalue weighted by Crippen LogP contribution is -2.38. The second-order valence-electron chi connectivity index (χ2n) is 5.79. The molecule has 7 heteroatoms. The summed E-state index contributed by atoms with van der Waals surface area (Å²) in [5.74, 6) is 1.76. The smallest absolute Gasteiger partial charge is 0.253 e. The summed E-state index contributed by atoms with van der Waals surface area (Å²) in [6.45, 7) is 1.34. The summed E-state index contributed by atoms with van der Waals surface area (Å²) in [4.78, 5) is 14.5. The molecule has 0 unspecified atom stereocenters. The number of likely N-dealkylation sites (tertiary alicyclic amines) is 1. The maximum Gasteiger partial charge on any atom is 0.253 e. The van der Waals surface area contributed by atoms with E-state index in [0.29, 0.717) is 36.0 Å². The number of rotatable bonds is 4. The molecule has 0 bridgehead atoms. The third kappa shape index (κ3) is 3.15. The number of hydrogen-bond acceptors (Lipinski definition) is 6. The normalized spacial score (nSPS) is 15.3. The largest absolute Gasteiger partial charge is 0.493 e. The van der Waals surface area contributed by atoms with E-state index in [4.69, 9.17) is 19.7 Å². The summed E-state index contributed by atoms with van der Waals surface area (Å²) in [6.07, 6.45) is 1.68. The van der Waals surface area contributed by atoms with Gasteiger partial charge in [0.25, 0.3) is 5.91 Å². The highest BCUT2D eigenvalue weighted by atomic mass is 16.5. The van der Waals surface area contributed by atoms with Crippen LogP contribution < -0.4 is 15.2 Å². The first-order chi connectivity index (χ1) is 11.6. The van der Waals surface area contributed by atoms with Gasteiger partial charge in [-0.25, -0.2) is 0 Å². The lowest BCUT2D eigenvalue weighted by Gasteiger charge is -2.31. The van der Waals surface area contributed by atoms with Gasteiger partial charge in [-0.3, -0.25) is 4.79 Å². The SMILES string of the molecule is COc1ccc(C(=O)N2CCC(c3cc(N)on3)CC2)cc1OC. The van der Waals surface area contributed by atoms with Crippen molar-refractivity contribution in [3.63, 3.8) is 0 Å². The molecule has 1 amide bonds. The molecule has 2 heterocycles. The number of carbonyl (C=O) groups excluding carboxylic acids is 1. The minimum absolute atomic E-state index is 0.00549. The summed E-state index contributed by atoms with van der Waals surface area (Å²) in [6, 6.07) is 6.98. The van der Waals surface area contributed by atoms with Crippen molar-refractivity contribution >= 4 is 11.8 Å². The van der Waals surface area contributed by atoms with Crippen molar-refractivity contribution in [2.24, 2.45) is 0 Å². The summed E-state index contributed by atoms with van der Waals surface area (Å²) in [5.41, 5.74) is 7.03. The zero-order valence-corrected chi connectivity index (χ0v) is 13.8. The Kier molecular flexibility index (Phi) is 4.59. The highest BCUT2D eigenvalue weighted by molar-refractivity contribution is 5.95. The third-order valence-electron chi connectivity index (χ3n) is 4.38. The summed E-state index contributed by atoms with van der Waals surface area (Å²) in [5, 5.41) is 3.98. The Labute approximate surface area is 140 Å². The van der Waals surface area contributed by atoms with E-state index in [0.717, 1.165) is 18.5 Å². The van der Waals surface area contributed by atoms with Crippen LogP contribution in [-0.2, 0) is 0 Å². The Bertz CT molecular complexity index is 720. The molecule has 7 nitrogen and oxygen atoms in total. The van der Waals surface area contributed by atoms with Gasteiger partial charge in [0.05, 0.1) is 19.9 Å². The van der Waals surface area contributed by atoms with Crippen LogP contribution in [0.3, 0.4) is 0 Å². The van der Waals surface area contributed by atoms with E-state index in [9.17, 15) is 4.79 Å². The standard InChI is InChI=1S/C17H21N3O4/c1-22-14-4-3-12(9-15(14)23-2)17(21)20-7-5-11(6-8-20)13-10-16(18)24-19-13/h3-4,9-11H,5-8,18H2,1-2H3. The second kappa shape index (κ2) is 6.82. The number of ether oxygens (including phenoxy) is 2. The van der Waals surface area contributed by atoms with E-state index in [1.807, 2.05) is 4.90 Å². The number of aromatic nitrogens is 1. The van der Waals surface area contributed by atoms with E-state index in [-0.39, 0.29) is 11.8 Å². The summed E-state index contributed by atoms with van der Waals surface area (Å²) in [7, 11) is 3.13. The van der Waals surface area contributed by atoms with Crippen molar-refractivity contribution in [2.45, 2.75) is 18.8 Å². The van der Waals surface area contributed by atoms with Gasteiger partial charge in [0.2, 0.25) is 5.88 Å². The monoisotopic (exact) mass is 331 g/mol. The first-order valence-electron chi connectivity index (χ1n) is 7.85. The van der Waals surface area contributed by atoms with Crippen molar-refractivity contribution < 1.29 is 18.8 Å². The number of piperidine rings is 1. The van der Waals surface area contributed by atoms with Crippen LogP contribution >= 0.6 is 0 Å². The van der Waals surface area contributed by atoms with Crippen LogP contribution in [0, 0.1) is 0 Å². The van der Waals surface area contributed by atoms with Gasteiger partial charge in [-0.05, 0) is 31.0 Å². The van der Waals surface area contributed by atoms with Gasteiger partial charge in [0, 0.05) is 30.6 Å². The zero-order chi connectivity index (χ0) is 17.1.